The molecule has 1 heterocycles. The third-order valence-electron chi connectivity index (χ3n) is 5.96. The quantitative estimate of drug-likeness (QED) is 0.398. The minimum Gasteiger partial charge on any atom is -0.366 e. The van der Waals surface area contributed by atoms with E-state index in [0.717, 1.165) is 47.5 Å². The van der Waals surface area contributed by atoms with Crippen LogP contribution in [0, 0.1) is 6.92 Å². The number of benzene rings is 3. The lowest BCUT2D eigenvalue weighted by atomic mass is 9.96. The highest BCUT2D eigenvalue weighted by Gasteiger charge is 2.23. The van der Waals surface area contributed by atoms with Crippen molar-refractivity contribution in [3.63, 3.8) is 0 Å². The Morgan fingerprint density at radius 2 is 1.35 bits per heavy atom. The van der Waals surface area contributed by atoms with E-state index in [-0.39, 0.29) is 5.91 Å². The van der Waals surface area contributed by atoms with Crippen LogP contribution in [0.4, 0.5) is 0 Å². The van der Waals surface area contributed by atoms with E-state index >= 15 is 0 Å². The van der Waals surface area contributed by atoms with E-state index in [1.54, 1.807) is 0 Å². The number of hydrogen-bond acceptors (Lipinski definition) is 1. The molecule has 156 valence electrons. The Morgan fingerprint density at radius 1 is 0.806 bits per heavy atom. The summed E-state index contributed by atoms with van der Waals surface area (Å²) >= 11 is 0. The fourth-order valence-corrected chi connectivity index (χ4v) is 4.43. The minimum atomic E-state index is -0.368. The number of hydrogen-bond donors (Lipinski definition) is 1. The highest BCUT2D eigenvalue weighted by Crippen LogP contribution is 2.34. The number of rotatable bonds is 7. The van der Waals surface area contributed by atoms with Crippen molar-refractivity contribution in [1.29, 1.82) is 0 Å². The summed E-state index contributed by atoms with van der Waals surface area (Å²) in [6.07, 6.45) is 1.74. The SMILES string of the molecule is CCc1c(-c2ccc(-c3ccccc3)cc2)c(C(N)=O)c(C)n1CCc1ccccc1. The van der Waals surface area contributed by atoms with Gasteiger partial charge in [0.15, 0.2) is 0 Å². The molecule has 3 nitrogen and oxygen atoms in total. The molecular formula is C28H28N2O. The molecule has 1 amide bonds. The van der Waals surface area contributed by atoms with E-state index in [1.165, 1.54) is 11.1 Å². The molecule has 0 radical (unpaired) electrons. The zero-order valence-electron chi connectivity index (χ0n) is 18.1. The fourth-order valence-electron chi connectivity index (χ4n) is 4.43. The van der Waals surface area contributed by atoms with E-state index in [4.69, 9.17) is 5.73 Å². The van der Waals surface area contributed by atoms with Crippen LogP contribution in [0.3, 0.4) is 0 Å². The average molecular weight is 409 g/mol. The molecular weight excluding hydrogens is 380 g/mol. The van der Waals surface area contributed by atoms with Crippen LogP contribution in [0.25, 0.3) is 22.3 Å². The summed E-state index contributed by atoms with van der Waals surface area (Å²) in [6.45, 7) is 4.97. The molecule has 0 unspecified atom stereocenters. The van der Waals surface area contributed by atoms with Crippen LogP contribution in [0.15, 0.2) is 84.9 Å². The summed E-state index contributed by atoms with van der Waals surface area (Å²) < 4.78 is 2.27. The molecule has 0 spiro atoms. The van der Waals surface area contributed by atoms with Gasteiger partial charge in [-0.1, -0.05) is 91.9 Å². The van der Waals surface area contributed by atoms with Gasteiger partial charge < -0.3 is 10.3 Å². The van der Waals surface area contributed by atoms with Gasteiger partial charge in [-0.15, -0.1) is 0 Å². The lowest BCUT2D eigenvalue weighted by Crippen LogP contribution is -2.13. The van der Waals surface area contributed by atoms with Gasteiger partial charge in [-0.3, -0.25) is 4.79 Å². The number of amides is 1. The molecule has 0 saturated carbocycles. The van der Waals surface area contributed by atoms with Gasteiger partial charge in [0.1, 0.15) is 0 Å². The third kappa shape index (κ3) is 4.17. The second-order valence-corrected chi connectivity index (χ2v) is 7.83. The summed E-state index contributed by atoms with van der Waals surface area (Å²) in [5, 5.41) is 0. The number of carbonyl (C=O) groups excluding carboxylic acids is 1. The molecule has 31 heavy (non-hydrogen) atoms. The average Bonchev–Trinajstić information content (AvgIpc) is 3.10. The lowest BCUT2D eigenvalue weighted by molar-refractivity contribution is 0.1000. The number of nitrogens with zero attached hydrogens (tertiary/aromatic N) is 1. The molecule has 0 bridgehead atoms. The van der Waals surface area contributed by atoms with Crippen molar-refractivity contribution in [2.45, 2.75) is 33.2 Å². The first-order valence-corrected chi connectivity index (χ1v) is 10.8. The van der Waals surface area contributed by atoms with Crippen molar-refractivity contribution in [3.05, 3.63) is 107 Å². The molecule has 0 aliphatic rings. The van der Waals surface area contributed by atoms with Crippen LogP contribution < -0.4 is 5.73 Å². The van der Waals surface area contributed by atoms with Crippen molar-refractivity contribution in [2.75, 3.05) is 0 Å². The normalized spacial score (nSPS) is 10.9. The van der Waals surface area contributed by atoms with Gasteiger partial charge in [0.05, 0.1) is 5.56 Å². The molecule has 0 atom stereocenters. The Bertz CT molecular complexity index is 1170. The highest BCUT2D eigenvalue weighted by molar-refractivity contribution is 6.02. The van der Waals surface area contributed by atoms with Crippen molar-refractivity contribution < 1.29 is 4.79 Å². The first-order chi connectivity index (χ1) is 15.1. The van der Waals surface area contributed by atoms with Crippen LogP contribution in [0.1, 0.15) is 34.2 Å². The van der Waals surface area contributed by atoms with E-state index in [9.17, 15) is 4.79 Å². The first kappa shape index (κ1) is 20.7. The molecule has 0 saturated heterocycles. The van der Waals surface area contributed by atoms with Crippen molar-refractivity contribution in [2.24, 2.45) is 5.73 Å². The monoisotopic (exact) mass is 408 g/mol. The maximum Gasteiger partial charge on any atom is 0.251 e. The molecule has 0 fully saturated rings. The molecule has 4 aromatic rings. The molecule has 3 heteroatoms. The predicted molar refractivity (Wildman–Crippen MR) is 128 cm³/mol. The Hall–Kier alpha value is -3.59. The van der Waals surface area contributed by atoms with E-state index in [1.807, 2.05) is 31.2 Å². The van der Waals surface area contributed by atoms with Gasteiger partial charge in [-0.05, 0) is 42.0 Å². The smallest absolute Gasteiger partial charge is 0.251 e. The zero-order valence-corrected chi connectivity index (χ0v) is 18.1. The van der Waals surface area contributed by atoms with Gasteiger partial charge in [-0.25, -0.2) is 0 Å². The minimum absolute atomic E-state index is 0.368. The van der Waals surface area contributed by atoms with Gasteiger partial charge >= 0.3 is 0 Å². The van der Waals surface area contributed by atoms with Gasteiger partial charge in [-0.2, -0.15) is 0 Å². The van der Waals surface area contributed by atoms with Gasteiger partial charge in [0.25, 0.3) is 5.91 Å². The molecule has 0 aliphatic carbocycles. The van der Waals surface area contributed by atoms with Crippen molar-refractivity contribution in [3.8, 4) is 22.3 Å². The summed E-state index contributed by atoms with van der Waals surface area (Å²) in [6, 6.07) is 29.2. The Labute approximate surface area is 184 Å². The summed E-state index contributed by atoms with van der Waals surface area (Å²) in [5.41, 5.74) is 14.2. The predicted octanol–water partition coefficient (Wildman–Crippen LogP) is 6.03. The van der Waals surface area contributed by atoms with E-state index < -0.39 is 0 Å². The van der Waals surface area contributed by atoms with Crippen LogP contribution in [0.5, 0.6) is 0 Å². The van der Waals surface area contributed by atoms with Crippen LogP contribution in [-0.4, -0.2) is 10.5 Å². The summed E-state index contributed by atoms with van der Waals surface area (Å²) in [4.78, 5) is 12.5. The summed E-state index contributed by atoms with van der Waals surface area (Å²) in [7, 11) is 0. The fraction of sp³-hybridized carbons (Fsp3) is 0.179. The second-order valence-electron chi connectivity index (χ2n) is 7.83. The molecule has 2 N–H and O–H groups in total. The number of aryl methyl sites for hydroxylation is 1. The Balaban J connectivity index is 1.75. The number of aromatic nitrogens is 1. The standard InChI is InChI=1S/C28H28N2O/c1-3-25-27(24-16-14-23(15-17-24)22-12-8-5-9-13-22)26(28(29)31)20(2)30(25)19-18-21-10-6-4-7-11-21/h4-17H,3,18-19H2,1-2H3,(H2,29,31). The van der Waals surface area contributed by atoms with Gasteiger partial charge in [0, 0.05) is 23.5 Å². The maximum absolute atomic E-state index is 12.5. The first-order valence-electron chi connectivity index (χ1n) is 10.8. The highest BCUT2D eigenvalue weighted by atomic mass is 16.1. The lowest BCUT2D eigenvalue weighted by Gasteiger charge is -2.12. The van der Waals surface area contributed by atoms with E-state index in [0.29, 0.717) is 5.56 Å². The Morgan fingerprint density at radius 3 is 1.94 bits per heavy atom. The Kier molecular flexibility index (Phi) is 6.03. The molecule has 0 aliphatic heterocycles. The van der Waals surface area contributed by atoms with Crippen LogP contribution >= 0.6 is 0 Å². The van der Waals surface area contributed by atoms with Gasteiger partial charge in [0.2, 0.25) is 0 Å². The van der Waals surface area contributed by atoms with Crippen LogP contribution in [0.2, 0.25) is 0 Å². The number of carbonyl (C=O) groups is 1. The molecule has 4 rings (SSSR count). The topological polar surface area (TPSA) is 48.0 Å². The third-order valence-corrected chi connectivity index (χ3v) is 5.96. The largest absolute Gasteiger partial charge is 0.366 e. The van der Waals surface area contributed by atoms with Crippen LogP contribution in [-0.2, 0) is 19.4 Å². The van der Waals surface area contributed by atoms with E-state index in [2.05, 4.69) is 72.2 Å². The molecule has 1 aromatic heterocycles. The van der Waals surface area contributed by atoms with Crippen molar-refractivity contribution >= 4 is 5.91 Å². The number of nitrogens with two attached hydrogens (primary N) is 1. The number of primary amides is 1. The van der Waals surface area contributed by atoms with Crippen molar-refractivity contribution in [1.82, 2.24) is 4.57 Å². The molecule has 3 aromatic carbocycles. The zero-order chi connectivity index (χ0) is 21.8. The maximum atomic E-state index is 12.5. The summed E-state index contributed by atoms with van der Waals surface area (Å²) in [5.74, 6) is -0.368. The second kappa shape index (κ2) is 9.05.